The quantitative estimate of drug-likeness (QED) is 0.772. The third-order valence-corrected chi connectivity index (χ3v) is 4.10. The number of anilines is 1. The van der Waals surface area contributed by atoms with Gasteiger partial charge >= 0.3 is 6.03 Å². The monoisotopic (exact) mass is 328 g/mol. The highest BCUT2D eigenvalue weighted by atomic mass is 32.1. The van der Waals surface area contributed by atoms with Gasteiger partial charge in [0.25, 0.3) is 0 Å². The van der Waals surface area contributed by atoms with Gasteiger partial charge in [0.1, 0.15) is 5.52 Å². The van der Waals surface area contributed by atoms with E-state index in [0.29, 0.717) is 18.0 Å². The molecule has 2 amide bonds. The molecule has 0 radical (unpaired) electrons. The van der Waals surface area contributed by atoms with Gasteiger partial charge < -0.3 is 20.1 Å². The number of rotatable bonds is 3. The summed E-state index contributed by atoms with van der Waals surface area (Å²) in [6.07, 6.45) is 0. The van der Waals surface area contributed by atoms with Gasteiger partial charge in [-0.1, -0.05) is 10.6 Å². The summed E-state index contributed by atoms with van der Waals surface area (Å²) < 4.78 is 15.4. The number of amides is 2. The number of carbonyl (C=O) groups is 1. The highest BCUT2D eigenvalue weighted by molar-refractivity contribution is 7.12. The summed E-state index contributed by atoms with van der Waals surface area (Å²) in [4.78, 5) is 12.0. The zero-order valence-electron chi connectivity index (χ0n) is 11.9. The van der Waals surface area contributed by atoms with Crippen molar-refractivity contribution in [2.75, 3.05) is 12.1 Å². The standard InChI is InChI=1S/C15H12N4O3S/c20-15(17-10-2-4-14-11(6-10)18-19-23-14)16-7-9-1-3-12-13(5-9)22-8-21-12/h1-6H,7-8H2,(H2,16,17,20). The van der Waals surface area contributed by atoms with E-state index in [2.05, 4.69) is 20.2 Å². The first-order chi connectivity index (χ1) is 11.3. The van der Waals surface area contributed by atoms with Crippen LogP contribution in [0.15, 0.2) is 36.4 Å². The first-order valence-electron chi connectivity index (χ1n) is 6.93. The smallest absolute Gasteiger partial charge is 0.319 e. The van der Waals surface area contributed by atoms with Crippen LogP contribution in [-0.4, -0.2) is 22.4 Å². The van der Waals surface area contributed by atoms with Crippen LogP contribution in [-0.2, 0) is 6.54 Å². The second-order valence-corrected chi connectivity index (χ2v) is 5.74. The van der Waals surface area contributed by atoms with Crippen LogP contribution >= 0.6 is 11.5 Å². The predicted molar refractivity (Wildman–Crippen MR) is 85.8 cm³/mol. The fraction of sp³-hybridized carbons (Fsp3) is 0.133. The zero-order chi connectivity index (χ0) is 15.6. The molecule has 7 nitrogen and oxygen atoms in total. The van der Waals surface area contributed by atoms with Gasteiger partial charge in [0, 0.05) is 12.2 Å². The number of nitrogens with one attached hydrogen (secondary N) is 2. The molecule has 23 heavy (non-hydrogen) atoms. The largest absolute Gasteiger partial charge is 0.454 e. The topological polar surface area (TPSA) is 85.4 Å². The Kier molecular flexibility index (Phi) is 3.43. The molecule has 1 aliphatic rings. The number of hydrogen-bond acceptors (Lipinski definition) is 6. The summed E-state index contributed by atoms with van der Waals surface area (Å²) in [6, 6.07) is 10.8. The van der Waals surface area contributed by atoms with Gasteiger partial charge in [0.15, 0.2) is 11.5 Å². The Morgan fingerprint density at radius 3 is 3.04 bits per heavy atom. The highest BCUT2D eigenvalue weighted by Crippen LogP contribution is 2.32. The van der Waals surface area contributed by atoms with Crippen molar-refractivity contribution in [3.05, 3.63) is 42.0 Å². The Labute approximate surface area is 135 Å². The Balaban J connectivity index is 1.38. The average Bonchev–Trinajstić information content (AvgIpc) is 3.20. The third-order valence-electron chi connectivity index (χ3n) is 3.39. The average molecular weight is 328 g/mol. The van der Waals surface area contributed by atoms with Crippen LogP contribution < -0.4 is 20.1 Å². The normalized spacial score (nSPS) is 12.3. The van der Waals surface area contributed by atoms with Crippen molar-refractivity contribution in [3.63, 3.8) is 0 Å². The summed E-state index contributed by atoms with van der Waals surface area (Å²) in [6.45, 7) is 0.629. The van der Waals surface area contributed by atoms with Gasteiger partial charge in [-0.2, -0.15) is 0 Å². The molecule has 2 heterocycles. The second-order valence-electron chi connectivity index (χ2n) is 4.95. The van der Waals surface area contributed by atoms with E-state index in [1.165, 1.54) is 11.5 Å². The van der Waals surface area contributed by atoms with Gasteiger partial charge in [0.2, 0.25) is 6.79 Å². The fourth-order valence-corrected chi connectivity index (χ4v) is 2.81. The van der Waals surface area contributed by atoms with Crippen molar-refractivity contribution in [2.45, 2.75) is 6.54 Å². The van der Waals surface area contributed by atoms with E-state index in [1.54, 1.807) is 6.07 Å². The Hall–Kier alpha value is -2.87. The molecule has 2 N–H and O–H groups in total. The van der Waals surface area contributed by atoms with E-state index in [0.717, 1.165) is 21.5 Å². The lowest BCUT2D eigenvalue weighted by molar-refractivity contribution is 0.174. The molecule has 0 bridgehead atoms. The van der Waals surface area contributed by atoms with E-state index in [9.17, 15) is 4.79 Å². The summed E-state index contributed by atoms with van der Waals surface area (Å²) >= 11 is 1.32. The Bertz CT molecular complexity index is 880. The molecule has 0 unspecified atom stereocenters. The second kappa shape index (κ2) is 5.73. The summed E-state index contributed by atoms with van der Waals surface area (Å²) in [5.41, 5.74) is 2.38. The SMILES string of the molecule is O=C(NCc1ccc2c(c1)OCO2)Nc1ccc2snnc2c1. The van der Waals surface area contributed by atoms with Gasteiger partial charge in [-0.3, -0.25) is 0 Å². The molecule has 0 atom stereocenters. The third kappa shape index (κ3) is 2.88. The number of urea groups is 1. The minimum atomic E-state index is -0.287. The molecule has 4 rings (SSSR count). The van der Waals surface area contributed by atoms with Crippen LogP contribution in [0.5, 0.6) is 11.5 Å². The lowest BCUT2D eigenvalue weighted by atomic mass is 10.2. The minimum Gasteiger partial charge on any atom is -0.454 e. The molecular weight excluding hydrogens is 316 g/mol. The van der Waals surface area contributed by atoms with Gasteiger partial charge in [-0.15, -0.1) is 5.10 Å². The molecule has 1 aromatic heterocycles. The van der Waals surface area contributed by atoms with Gasteiger partial charge in [-0.05, 0) is 47.4 Å². The highest BCUT2D eigenvalue weighted by Gasteiger charge is 2.13. The van der Waals surface area contributed by atoms with Crippen LogP contribution in [0.3, 0.4) is 0 Å². The van der Waals surface area contributed by atoms with Crippen LogP contribution in [0.1, 0.15) is 5.56 Å². The summed E-state index contributed by atoms with van der Waals surface area (Å²) in [7, 11) is 0. The molecule has 1 aliphatic heterocycles. The lowest BCUT2D eigenvalue weighted by Crippen LogP contribution is -2.28. The van der Waals surface area contributed by atoms with Crippen molar-refractivity contribution in [1.82, 2.24) is 14.9 Å². The van der Waals surface area contributed by atoms with E-state index in [4.69, 9.17) is 9.47 Å². The van der Waals surface area contributed by atoms with Gasteiger partial charge in [-0.25, -0.2) is 4.79 Å². The number of benzene rings is 2. The number of nitrogens with zero attached hydrogens (tertiary/aromatic N) is 2. The van der Waals surface area contributed by atoms with E-state index in [-0.39, 0.29) is 12.8 Å². The molecule has 0 fully saturated rings. The van der Waals surface area contributed by atoms with Crippen molar-refractivity contribution < 1.29 is 14.3 Å². The van der Waals surface area contributed by atoms with Crippen molar-refractivity contribution >= 4 is 33.5 Å². The van der Waals surface area contributed by atoms with E-state index in [1.807, 2.05) is 30.3 Å². The van der Waals surface area contributed by atoms with Crippen molar-refractivity contribution in [1.29, 1.82) is 0 Å². The first-order valence-corrected chi connectivity index (χ1v) is 7.71. The summed E-state index contributed by atoms with van der Waals surface area (Å²) in [5, 5.41) is 9.56. The Morgan fingerprint density at radius 2 is 2.09 bits per heavy atom. The van der Waals surface area contributed by atoms with Crippen molar-refractivity contribution in [3.8, 4) is 11.5 Å². The number of fused-ring (bicyclic) bond motifs is 2. The first kappa shape index (κ1) is 13.8. The molecule has 116 valence electrons. The molecule has 0 saturated heterocycles. The number of carbonyl (C=O) groups excluding carboxylic acids is 1. The molecule has 8 heteroatoms. The maximum atomic E-state index is 12.0. The van der Waals surface area contributed by atoms with Crippen LogP contribution in [0.25, 0.3) is 10.2 Å². The van der Waals surface area contributed by atoms with Crippen LogP contribution in [0.2, 0.25) is 0 Å². The number of hydrogen-bond donors (Lipinski definition) is 2. The molecule has 0 aliphatic carbocycles. The van der Waals surface area contributed by atoms with E-state index >= 15 is 0 Å². The van der Waals surface area contributed by atoms with E-state index < -0.39 is 0 Å². The maximum absolute atomic E-state index is 12.0. The van der Waals surface area contributed by atoms with Gasteiger partial charge in [0.05, 0.1) is 4.70 Å². The maximum Gasteiger partial charge on any atom is 0.319 e. The zero-order valence-corrected chi connectivity index (χ0v) is 12.7. The molecule has 3 aromatic rings. The number of aromatic nitrogens is 2. The van der Waals surface area contributed by atoms with Crippen LogP contribution in [0, 0.1) is 0 Å². The van der Waals surface area contributed by atoms with Crippen molar-refractivity contribution in [2.24, 2.45) is 0 Å². The molecular formula is C15H12N4O3S. The predicted octanol–water partition coefficient (Wildman–Crippen LogP) is 2.74. The fourth-order valence-electron chi connectivity index (χ4n) is 2.27. The summed E-state index contributed by atoms with van der Waals surface area (Å²) in [5.74, 6) is 1.43. The Morgan fingerprint density at radius 1 is 1.17 bits per heavy atom. The molecule has 0 spiro atoms. The van der Waals surface area contributed by atoms with Crippen LogP contribution in [0.4, 0.5) is 10.5 Å². The molecule has 2 aromatic carbocycles. The minimum absolute atomic E-state index is 0.237. The lowest BCUT2D eigenvalue weighted by Gasteiger charge is -2.08. The number of ether oxygens (including phenoxy) is 2. The molecule has 0 saturated carbocycles.